The van der Waals surface area contributed by atoms with Gasteiger partial charge in [-0.05, 0) is 24.3 Å². The van der Waals surface area contributed by atoms with Crippen molar-refractivity contribution < 1.29 is 18.3 Å². The van der Waals surface area contributed by atoms with E-state index in [4.69, 9.17) is 16.3 Å². The standard InChI is InChI=1S/C13H10BrClO4S/c1-19-12-6-10(15)13(7-11(12)16)20(17,18)9-4-2-8(14)3-5-9/h2-7,16H,1H3. The Balaban J connectivity index is 2.60. The van der Waals surface area contributed by atoms with Crippen molar-refractivity contribution in [3.05, 3.63) is 45.9 Å². The summed E-state index contributed by atoms with van der Waals surface area (Å²) in [6.07, 6.45) is 0. The average molecular weight is 378 g/mol. The molecule has 0 aliphatic heterocycles. The third-order valence-electron chi connectivity index (χ3n) is 2.65. The molecule has 1 N–H and O–H groups in total. The summed E-state index contributed by atoms with van der Waals surface area (Å²) >= 11 is 9.20. The SMILES string of the molecule is COc1cc(Cl)c(S(=O)(=O)c2ccc(Br)cc2)cc1O. The van der Waals surface area contributed by atoms with Crippen LogP contribution in [0.3, 0.4) is 0 Å². The van der Waals surface area contributed by atoms with Crippen molar-refractivity contribution in [1.82, 2.24) is 0 Å². The topological polar surface area (TPSA) is 63.6 Å². The maximum absolute atomic E-state index is 12.5. The van der Waals surface area contributed by atoms with E-state index in [0.29, 0.717) is 0 Å². The number of phenols is 1. The smallest absolute Gasteiger partial charge is 0.208 e. The number of hydrogen-bond acceptors (Lipinski definition) is 4. The summed E-state index contributed by atoms with van der Waals surface area (Å²) in [5, 5.41) is 9.70. The van der Waals surface area contributed by atoms with Crippen LogP contribution < -0.4 is 4.74 Å². The molecule has 106 valence electrons. The number of phenolic OH excluding ortho intramolecular Hbond substituents is 1. The van der Waals surface area contributed by atoms with Gasteiger partial charge in [-0.3, -0.25) is 0 Å². The number of methoxy groups -OCH3 is 1. The second-order valence-electron chi connectivity index (χ2n) is 3.91. The van der Waals surface area contributed by atoms with Crippen LogP contribution >= 0.6 is 27.5 Å². The molecule has 7 heteroatoms. The van der Waals surface area contributed by atoms with Crippen LogP contribution in [0.1, 0.15) is 0 Å². The van der Waals surface area contributed by atoms with Crippen molar-refractivity contribution in [2.24, 2.45) is 0 Å². The van der Waals surface area contributed by atoms with Gasteiger partial charge in [0.15, 0.2) is 11.5 Å². The Morgan fingerprint density at radius 1 is 1.20 bits per heavy atom. The molecule has 0 fully saturated rings. The van der Waals surface area contributed by atoms with Gasteiger partial charge in [0.1, 0.15) is 0 Å². The number of aromatic hydroxyl groups is 1. The maximum Gasteiger partial charge on any atom is 0.208 e. The molecule has 0 amide bonds. The normalized spacial score (nSPS) is 11.3. The molecule has 0 aromatic heterocycles. The lowest BCUT2D eigenvalue weighted by atomic mass is 10.3. The summed E-state index contributed by atoms with van der Waals surface area (Å²) in [4.78, 5) is -0.0769. The van der Waals surface area contributed by atoms with E-state index in [1.165, 1.54) is 25.3 Å². The Labute approximate surface area is 130 Å². The maximum atomic E-state index is 12.5. The highest BCUT2D eigenvalue weighted by molar-refractivity contribution is 9.10. The second kappa shape index (κ2) is 5.63. The number of rotatable bonds is 3. The van der Waals surface area contributed by atoms with Gasteiger partial charge in [0.25, 0.3) is 0 Å². The van der Waals surface area contributed by atoms with Gasteiger partial charge >= 0.3 is 0 Å². The molecule has 4 nitrogen and oxygen atoms in total. The fraction of sp³-hybridized carbons (Fsp3) is 0.0769. The first-order valence-corrected chi connectivity index (χ1v) is 8.09. The molecular weight excluding hydrogens is 368 g/mol. The summed E-state index contributed by atoms with van der Waals surface area (Å²) in [6.45, 7) is 0. The van der Waals surface area contributed by atoms with Crippen LogP contribution in [-0.2, 0) is 9.84 Å². The minimum Gasteiger partial charge on any atom is -0.504 e. The van der Waals surface area contributed by atoms with Gasteiger partial charge in [-0.1, -0.05) is 27.5 Å². The fourth-order valence-electron chi connectivity index (χ4n) is 1.63. The van der Waals surface area contributed by atoms with E-state index < -0.39 is 9.84 Å². The van der Waals surface area contributed by atoms with Gasteiger partial charge in [-0.2, -0.15) is 0 Å². The van der Waals surface area contributed by atoms with Crippen molar-refractivity contribution in [2.75, 3.05) is 7.11 Å². The van der Waals surface area contributed by atoms with Crippen molar-refractivity contribution in [1.29, 1.82) is 0 Å². The lowest BCUT2D eigenvalue weighted by Gasteiger charge is -2.10. The number of benzene rings is 2. The van der Waals surface area contributed by atoms with Gasteiger partial charge in [0.2, 0.25) is 9.84 Å². The fourth-order valence-corrected chi connectivity index (χ4v) is 3.69. The van der Waals surface area contributed by atoms with Gasteiger partial charge in [0, 0.05) is 16.6 Å². The molecule has 2 aromatic carbocycles. The molecule has 0 atom stereocenters. The number of hydrogen-bond donors (Lipinski definition) is 1. The Hall–Kier alpha value is -1.24. The zero-order valence-corrected chi connectivity index (χ0v) is 13.5. The monoisotopic (exact) mass is 376 g/mol. The van der Waals surface area contributed by atoms with E-state index in [2.05, 4.69) is 15.9 Å². The van der Waals surface area contributed by atoms with Crippen LogP contribution in [-0.4, -0.2) is 20.6 Å². The molecule has 0 aliphatic rings. The first kappa shape index (κ1) is 15.2. The van der Waals surface area contributed by atoms with E-state index in [1.54, 1.807) is 12.1 Å². The van der Waals surface area contributed by atoms with E-state index in [-0.39, 0.29) is 26.3 Å². The highest BCUT2D eigenvalue weighted by Crippen LogP contribution is 2.37. The molecule has 0 aliphatic carbocycles. The summed E-state index contributed by atoms with van der Waals surface area (Å²) in [7, 11) is -2.45. The van der Waals surface area contributed by atoms with Gasteiger partial charge in [-0.15, -0.1) is 0 Å². The molecular formula is C13H10BrClO4S. The van der Waals surface area contributed by atoms with Crippen molar-refractivity contribution in [3.63, 3.8) is 0 Å². The third-order valence-corrected chi connectivity index (χ3v) is 5.41. The highest BCUT2D eigenvalue weighted by atomic mass is 79.9. The summed E-state index contributed by atoms with van der Waals surface area (Å²) in [5.41, 5.74) is 0. The number of sulfone groups is 1. The Morgan fingerprint density at radius 3 is 2.35 bits per heavy atom. The van der Waals surface area contributed by atoms with E-state index in [1.807, 2.05) is 0 Å². The first-order chi connectivity index (χ1) is 9.36. The largest absolute Gasteiger partial charge is 0.504 e. The molecule has 0 bridgehead atoms. The Bertz CT molecular complexity index is 742. The van der Waals surface area contributed by atoms with E-state index in [9.17, 15) is 13.5 Å². The zero-order valence-electron chi connectivity index (χ0n) is 10.3. The molecule has 0 spiro atoms. The number of ether oxygens (including phenoxy) is 1. The van der Waals surface area contributed by atoms with E-state index in [0.717, 1.165) is 10.5 Å². The van der Waals surface area contributed by atoms with Crippen LogP contribution in [0.2, 0.25) is 5.02 Å². The lowest BCUT2D eigenvalue weighted by Crippen LogP contribution is -2.03. The quantitative estimate of drug-likeness (QED) is 0.887. The Morgan fingerprint density at radius 2 is 1.80 bits per heavy atom. The third kappa shape index (κ3) is 2.77. The van der Waals surface area contributed by atoms with Crippen molar-refractivity contribution in [3.8, 4) is 11.5 Å². The summed E-state index contributed by atoms with van der Waals surface area (Å²) in [6, 6.07) is 8.49. The molecule has 0 saturated heterocycles. The van der Waals surface area contributed by atoms with Gasteiger partial charge in [-0.25, -0.2) is 8.42 Å². The van der Waals surface area contributed by atoms with Crippen molar-refractivity contribution >= 4 is 37.4 Å². The van der Waals surface area contributed by atoms with Crippen LogP contribution in [0.4, 0.5) is 0 Å². The molecule has 0 heterocycles. The Kier molecular flexibility index (Phi) is 4.27. The van der Waals surface area contributed by atoms with Crippen LogP contribution in [0.5, 0.6) is 11.5 Å². The highest BCUT2D eigenvalue weighted by Gasteiger charge is 2.23. The predicted molar refractivity (Wildman–Crippen MR) is 79.3 cm³/mol. The summed E-state index contributed by atoms with van der Waals surface area (Å²) < 4.78 is 30.6. The molecule has 2 rings (SSSR count). The van der Waals surface area contributed by atoms with Crippen molar-refractivity contribution in [2.45, 2.75) is 9.79 Å². The second-order valence-corrected chi connectivity index (χ2v) is 7.15. The molecule has 0 radical (unpaired) electrons. The zero-order chi connectivity index (χ0) is 14.9. The van der Waals surface area contributed by atoms with Crippen LogP contribution in [0.25, 0.3) is 0 Å². The molecule has 0 unspecified atom stereocenters. The molecule has 20 heavy (non-hydrogen) atoms. The minimum absolute atomic E-state index is 0.0115. The lowest BCUT2D eigenvalue weighted by molar-refractivity contribution is 0.372. The van der Waals surface area contributed by atoms with Crippen LogP contribution in [0, 0.1) is 0 Å². The molecule has 2 aromatic rings. The predicted octanol–water partition coefficient (Wildman–Crippen LogP) is 3.65. The minimum atomic E-state index is -3.80. The molecule has 0 saturated carbocycles. The van der Waals surface area contributed by atoms with Crippen LogP contribution in [0.15, 0.2) is 50.7 Å². The summed E-state index contributed by atoms with van der Waals surface area (Å²) in [5.74, 6) is -0.169. The van der Waals surface area contributed by atoms with Gasteiger partial charge in [0.05, 0.1) is 21.9 Å². The average Bonchev–Trinajstić information content (AvgIpc) is 2.41. The van der Waals surface area contributed by atoms with E-state index >= 15 is 0 Å². The number of halogens is 2. The first-order valence-electron chi connectivity index (χ1n) is 5.43. The van der Waals surface area contributed by atoms with Gasteiger partial charge < -0.3 is 9.84 Å².